The second-order valence-corrected chi connectivity index (χ2v) is 6.95. The van der Waals surface area contributed by atoms with E-state index >= 15 is 0 Å². The van der Waals surface area contributed by atoms with Gasteiger partial charge in [-0.3, -0.25) is 0 Å². The van der Waals surface area contributed by atoms with Crippen LogP contribution in [0.2, 0.25) is 0 Å². The molecule has 0 saturated carbocycles. The number of nitrogens with one attached hydrogen (secondary N) is 1. The summed E-state index contributed by atoms with van der Waals surface area (Å²) in [5.41, 5.74) is 7.02. The van der Waals surface area contributed by atoms with Crippen molar-refractivity contribution in [1.29, 1.82) is 0 Å². The minimum atomic E-state index is 0.565. The quantitative estimate of drug-likeness (QED) is 0.795. The molecule has 3 N–H and O–H groups in total. The predicted molar refractivity (Wildman–Crippen MR) is 73.3 cm³/mol. The van der Waals surface area contributed by atoms with Crippen molar-refractivity contribution < 1.29 is 0 Å². The van der Waals surface area contributed by atoms with E-state index in [4.69, 9.17) is 5.73 Å². The summed E-state index contributed by atoms with van der Waals surface area (Å²) in [6.45, 7) is 4.22. The monoisotopic (exact) mass is 256 g/mol. The van der Waals surface area contributed by atoms with Gasteiger partial charge in [0, 0.05) is 11.3 Å². The predicted octanol–water partition coefficient (Wildman–Crippen LogP) is 3.00. The van der Waals surface area contributed by atoms with Crippen LogP contribution in [0, 0.1) is 0 Å². The highest BCUT2D eigenvalue weighted by Crippen LogP contribution is 2.43. The number of thioether (sulfide) groups is 1. The molecule has 0 amide bonds. The van der Waals surface area contributed by atoms with Crippen molar-refractivity contribution in [3.63, 3.8) is 0 Å². The Labute approximate surface area is 106 Å². The van der Waals surface area contributed by atoms with E-state index in [9.17, 15) is 0 Å². The molecule has 4 heteroatoms. The van der Waals surface area contributed by atoms with Gasteiger partial charge in [-0.25, -0.2) is 0 Å². The van der Waals surface area contributed by atoms with Crippen LogP contribution < -0.4 is 11.1 Å². The van der Waals surface area contributed by atoms with Crippen LogP contribution in [0.4, 0.5) is 0 Å². The van der Waals surface area contributed by atoms with E-state index in [2.05, 4.69) is 23.7 Å². The first-order valence-corrected chi connectivity index (χ1v) is 7.74. The molecule has 0 spiro atoms. The van der Waals surface area contributed by atoms with Gasteiger partial charge in [-0.15, -0.1) is 23.1 Å². The van der Waals surface area contributed by atoms with Gasteiger partial charge in [0.1, 0.15) is 0 Å². The first kappa shape index (κ1) is 12.4. The molecule has 1 aromatic heterocycles. The zero-order valence-electron chi connectivity index (χ0n) is 9.74. The molecule has 90 valence electrons. The third-order valence-corrected chi connectivity index (χ3v) is 5.28. The fourth-order valence-corrected chi connectivity index (χ4v) is 4.65. The number of fused-ring (bicyclic) bond motifs is 1. The number of hydrogen-bond donors (Lipinski definition) is 2. The molecule has 1 aliphatic rings. The van der Waals surface area contributed by atoms with E-state index in [1.165, 1.54) is 22.6 Å². The van der Waals surface area contributed by atoms with Crippen LogP contribution in [0.5, 0.6) is 0 Å². The average molecular weight is 256 g/mol. The largest absolute Gasteiger partial charge is 0.330 e. The lowest BCUT2D eigenvalue weighted by Gasteiger charge is -2.27. The summed E-state index contributed by atoms with van der Waals surface area (Å²) in [5.74, 6) is 0. The van der Waals surface area contributed by atoms with Gasteiger partial charge >= 0.3 is 0 Å². The highest BCUT2D eigenvalue weighted by molar-refractivity contribution is 8.01. The van der Waals surface area contributed by atoms with Crippen molar-refractivity contribution in [2.24, 2.45) is 5.73 Å². The number of hydrogen-bond acceptors (Lipinski definition) is 4. The van der Waals surface area contributed by atoms with E-state index in [-0.39, 0.29) is 0 Å². The van der Waals surface area contributed by atoms with Gasteiger partial charge in [-0.2, -0.15) is 0 Å². The van der Waals surface area contributed by atoms with E-state index < -0.39 is 0 Å². The topological polar surface area (TPSA) is 38.0 Å². The van der Waals surface area contributed by atoms with E-state index in [0.717, 1.165) is 24.8 Å². The van der Waals surface area contributed by atoms with Gasteiger partial charge in [-0.05, 0) is 49.4 Å². The third-order valence-electron chi connectivity index (χ3n) is 2.93. The second kappa shape index (κ2) is 6.05. The lowest BCUT2D eigenvalue weighted by molar-refractivity contribution is 0.478. The zero-order valence-corrected chi connectivity index (χ0v) is 11.4. The van der Waals surface area contributed by atoms with Gasteiger partial charge in [0.05, 0.1) is 4.21 Å². The minimum Gasteiger partial charge on any atom is -0.330 e. The van der Waals surface area contributed by atoms with E-state index in [1.807, 2.05) is 23.1 Å². The van der Waals surface area contributed by atoms with Crippen LogP contribution in [0.15, 0.2) is 15.7 Å². The highest BCUT2D eigenvalue weighted by atomic mass is 32.2. The van der Waals surface area contributed by atoms with Crippen LogP contribution >= 0.6 is 23.1 Å². The molecule has 16 heavy (non-hydrogen) atoms. The van der Waals surface area contributed by atoms with Crippen molar-refractivity contribution in [2.75, 3.05) is 13.1 Å². The Morgan fingerprint density at radius 2 is 2.38 bits per heavy atom. The number of nitrogens with two attached hydrogens (primary N) is 1. The maximum Gasteiger partial charge on any atom is 0.0649 e. The lowest BCUT2D eigenvalue weighted by atomic mass is 10.0. The average Bonchev–Trinajstić information content (AvgIpc) is 2.72. The summed E-state index contributed by atoms with van der Waals surface area (Å²) in [7, 11) is 0. The summed E-state index contributed by atoms with van der Waals surface area (Å²) in [5, 5.41) is 6.61. The minimum absolute atomic E-state index is 0.565. The molecule has 0 saturated heterocycles. The number of thiophene rings is 1. The van der Waals surface area contributed by atoms with Gasteiger partial charge in [0.2, 0.25) is 0 Å². The molecule has 1 aromatic rings. The summed E-state index contributed by atoms with van der Waals surface area (Å²) in [6, 6.07) is 2.84. The highest BCUT2D eigenvalue weighted by Gasteiger charge is 2.25. The normalized spacial score (nSPS) is 24.4. The molecule has 2 rings (SSSR count). The fourth-order valence-electron chi connectivity index (χ4n) is 2.09. The Hall–Kier alpha value is -0.0300. The molecule has 2 nitrogen and oxygen atoms in total. The Morgan fingerprint density at radius 1 is 1.50 bits per heavy atom. The van der Waals surface area contributed by atoms with Gasteiger partial charge in [0.15, 0.2) is 0 Å². The van der Waals surface area contributed by atoms with E-state index in [0.29, 0.717) is 6.04 Å². The van der Waals surface area contributed by atoms with Crippen LogP contribution in [0.3, 0.4) is 0 Å². The summed E-state index contributed by atoms with van der Waals surface area (Å²) in [4.78, 5) is 0. The third kappa shape index (κ3) is 3.00. The second-order valence-electron chi connectivity index (χ2n) is 4.33. The molecular weight excluding hydrogens is 236 g/mol. The van der Waals surface area contributed by atoms with Crippen molar-refractivity contribution >= 4 is 23.1 Å². The number of unbranched alkanes of at least 4 members (excludes halogenated alkanes) is 1. The molecule has 0 aliphatic carbocycles. The maximum absolute atomic E-state index is 5.50. The molecule has 2 heterocycles. The van der Waals surface area contributed by atoms with Gasteiger partial charge < -0.3 is 11.1 Å². The maximum atomic E-state index is 5.50. The molecular formula is C12H20N2S2. The lowest BCUT2D eigenvalue weighted by Crippen LogP contribution is -2.27. The molecule has 0 radical (unpaired) electrons. The van der Waals surface area contributed by atoms with Gasteiger partial charge in [0.25, 0.3) is 0 Å². The Kier molecular flexibility index (Phi) is 4.70. The van der Waals surface area contributed by atoms with Crippen molar-refractivity contribution in [3.05, 3.63) is 17.0 Å². The van der Waals surface area contributed by atoms with Crippen molar-refractivity contribution in [3.8, 4) is 0 Å². The van der Waals surface area contributed by atoms with Crippen molar-refractivity contribution in [1.82, 2.24) is 5.32 Å². The van der Waals surface area contributed by atoms with Crippen LogP contribution in [0.25, 0.3) is 0 Å². The Morgan fingerprint density at radius 3 is 3.19 bits per heavy atom. The van der Waals surface area contributed by atoms with Crippen LogP contribution in [0.1, 0.15) is 37.8 Å². The van der Waals surface area contributed by atoms with Crippen LogP contribution in [-0.4, -0.2) is 18.3 Å². The Bertz CT molecular complexity index is 325. The molecule has 1 aliphatic heterocycles. The van der Waals surface area contributed by atoms with E-state index in [1.54, 1.807) is 0 Å². The smallest absolute Gasteiger partial charge is 0.0649 e. The summed E-state index contributed by atoms with van der Waals surface area (Å²) in [6.07, 6.45) is 3.56. The summed E-state index contributed by atoms with van der Waals surface area (Å²) < 4.78 is 1.51. The van der Waals surface area contributed by atoms with Crippen molar-refractivity contribution in [2.45, 2.75) is 41.7 Å². The summed E-state index contributed by atoms with van der Waals surface area (Å²) >= 11 is 3.90. The Balaban J connectivity index is 1.90. The molecule has 0 fully saturated rings. The number of rotatable bonds is 5. The first-order chi connectivity index (χ1) is 7.81. The molecule has 2 atom stereocenters. The van der Waals surface area contributed by atoms with Gasteiger partial charge in [-0.1, -0.05) is 6.92 Å². The molecule has 0 aromatic carbocycles. The SMILES string of the molecule is C[C@H]1CC(NCCCCN)c2ccsc2S1. The molecule has 0 bridgehead atoms. The first-order valence-electron chi connectivity index (χ1n) is 5.98. The fraction of sp³-hybridized carbons (Fsp3) is 0.667. The van der Waals surface area contributed by atoms with Crippen LogP contribution in [-0.2, 0) is 0 Å². The zero-order chi connectivity index (χ0) is 11.4. The molecule has 1 unspecified atom stereocenters. The standard InChI is InChI=1S/C12H20N2S2/c1-9-8-11(14-6-3-2-5-13)10-4-7-15-12(10)16-9/h4,7,9,11,14H,2-3,5-6,8,13H2,1H3/t9-,11?/m0/s1.